The molecule has 0 fully saturated rings. The fraction of sp³-hybridized carbons (Fsp3) is 0.391. The van der Waals surface area contributed by atoms with Crippen molar-refractivity contribution in [1.29, 1.82) is 0 Å². The van der Waals surface area contributed by atoms with Crippen LogP contribution in [0.2, 0.25) is 0 Å². The third-order valence-electron chi connectivity index (χ3n) is 4.84. The largest absolute Gasteiger partial charge is 0.356 e. The second-order valence-corrected chi connectivity index (χ2v) is 7.28. The number of aryl methyl sites for hydroxylation is 2. The van der Waals surface area contributed by atoms with Gasteiger partial charge in [0.05, 0.1) is 6.04 Å². The molecular formula is C23H33IN4O. The van der Waals surface area contributed by atoms with Gasteiger partial charge in [-0.25, -0.2) is 4.99 Å². The Morgan fingerprint density at radius 1 is 1.03 bits per heavy atom. The van der Waals surface area contributed by atoms with Gasteiger partial charge in [-0.2, -0.15) is 0 Å². The van der Waals surface area contributed by atoms with Crippen LogP contribution in [0.15, 0.2) is 53.5 Å². The fourth-order valence-electron chi connectivity index (χ4n) is 3.02. The molecule has 0 heterocycles. The van der Waals surface area contributed by atoms with E-state index in [9.17, 15) is 4.79 Å². The summed E-state index contributed by atoms with van der Waals surface area (Å²) < 4.78 is 0. The summed E-state index contributed by atoms with van der Waals surface area (Å²) >= 11 is 0. The van der Waals surface area contributed by atoms with Gasteiger partial charge in [-0.15, -0.1) is 24.0 Å². The van der Waals surface area contributed by atoms with Crippen LogP contribution in [0.5, 0.6) is 0 Å². The number of amides is 1. The number of aliphatic imine (C=N–C) groups is 1. The predicted octanol–water partition coefficient (Wildman–Crippen LogP) is 3.85. The van der Waals surface area contributed by atoms with Crippen molar-refractivity contribution in [1.82, 2.24) is 15.5 Å². The summed E-state index contributed by atoms with van der Waals surface area (Å²) in [5.41, 5.74) is 5.13. The van der Waals surface area contributed by atoms with Crippen LogP contribution in [-0.4, -0.2) is 44.0 Å². The van der Waals surface area contributed by atoms with E-state index in [4.69, 9.17) is 0 Å². The van der Waals surface area contributed by atoms with Crippen molar-refractivity contribution in [2.45, 2.75) is 33.2 Å². The van der Waals surface area contributed by atoms with Gasteiger partial charge in [-0.3, -0.25) is 4.79 Å². The quantitative estimate of drug-likeness (QED) is 0.340. The predicted molar refractivity (Wildman–Crippen MR) is 132 cm³/mol. The van der Waals surface area contributed by atoms with E-state index in [1.165, 1.54) is 22.3 Å². The van der Waals surface area contributed by atoms with E-state index in [0.717, 1.165) is 13.0 Å². The lowest BCUT2D eigenvalue weighted by atomic mass is 10.0. The maximum absolute atomic E-state index is 12.0. The highest BCUT2D eigenvalue weighted by Crippen LogP contribution is 2.14. The van der Waals surface area contributed by atoms with Gasteiger partial charge in [0.2, 0.25) is 5.91 Å². The molecule has 1 atom stereocenters. The van der Waals surface area contributed by atoms with Crippen molar-refractivity contribution in [3.8, 4) is 0 Å². The van der Waals surface area contributed by atoms with Gasteiger partial charge >= 0.3 is 0 Å². The van der Waals surface area contributed by atoms with Crippen molar-refractivity contribution in [3.63, 3.8) is 0 Å². The molecule has 0 aliphatic rings. The maximum atomic E-state index is 12.0. The SMILES string of the molecule is Cc1cccc(C)c1CCNC(=NCC(=O)N(C)C)NC(C)c1ccccc1.I. The van der Waals surface area contributed by atoms with Gasteiger partial charge < -0.3 is 15.5 Å². The molecule has 2 aromatic carbocycles. The van der Waals surface area contributed by atoms with E-state index >= 15 is 0 Å². The molecule has 0 spiro atoms. The number of rotatable bonds is 7. The molecule has 1 amide bonds. The molecule has 2 rings (SSSR count). The van der Waals surface area contributed by atoms with Crippen LogP contribution < -0.4 is 10.6 Å². The Morgan fingerprint density at radius 2 is 1.66 bits per heavy atom. The standard InChI is InChI=1S/C23H32N4O.HI/c1-17-10-9-11-18(2)21(17)14-15-24-23(25-16-22(28)27(4)5)26-19(3)20-12-7-6-8-13-20;/h6-13,19H,14-16H2,1-5H3,(H2,24,25,26);1H. The molecule has 158 valence electrons. The second kappa shape index (κ2) is 12.5. The molecule has 5 nitrogen and oxygen atoms in total. The van der Waals surface area contributed by atoms with Gasteiger partial charge in [0.25, 0.3) is 0 Å². The topological polar surface area (TPSA) is 56.7 Å². The van der Waals surface area contributed by atoms with Crippen LogP contribution in [0.3, 0.4) is 0 Å². The lowest BCUT2D eigenvalue weighted by molar-refractivity contribution is -0.127. The Balaban J connectivity index is 0.00000420. The number of nitrogens with one attached hydrogen (secondary N) is 2. The summed E-state index contributed by atoms with van der Waals surface area (Å²) in [5, 5.41) is 6.80. The number of hydrogen-bond donors (Lipinski definition) is 2. The van der Waals surface area contributed by atoms with Crippen molar-refractivity contribution >= 4 is 35.8 Å². The van der Waals surface area contributed by atoms with E-state index in [-0.39, 0.29) is 42.5 Å². The van der Waals surface area contributed by atoms with Crippen molar-refractivity contribution < 1.29 is 4.79 Å². The number of nitrogens with zero attached hydrogens (tertiary/aromatic N) is 2. The zero-order valence-electron chi connectivity index (χ0n) is 18.0. The molecule has 6 heteroatoms. The lowest BCUT2D eigenvalue weighted by Crippen LogP contribution is -2.40. The Bertz CT molecular complexity index is 786. The minimum Gasteiger partial charge on any atom is -0.356 e. The second-order valence-electron chi connectivity index (χ2n) is 7.28. The summed E-state index contributed by atoms with van der Waals surface area (Å²) in [4.78, 5) is 18.0. The lowest BCUT2D eigenvalue weighted by Gasteiger charge is -2.19. The van der Waals surface area contributed by atoms with Gasteiger partial charge in [0.1, 0.15) is 6.54 Å². The third-order valence-corrected chi connectivity index (χ3v) is 4.84. The molecule has 0 aliphatic carbocycles. The van der Waals surface area contributed by atoms with Gasteiger partial charge in [-0.1, -0.05) is 48.5 Å². The summed E-state index contributed by atoms with van der Waals surface area (Å²) in [7, 11) is 3.48. The molecule has 0 aromatic heterocycles. The van der Waals surface area contributed by atoms with Crippen molar-refractivity contribution in [2.24, 2.45) is 4.99 Å². The third kappa shape index (κ3) is 8.04. The van der Waals surface area contributed by atoms with Crippen LogP contribution in [0, 0.1) is 13.8 Å². The smallest absolute Gasteiger partial charge is 0.243 e. The minimum atomic E-state index is -0.0248. The number of carbonyl (C=O) groups is 1. The first-order valence-electron chi connectivity index (χ1n) is 9.73. The first kappa shape index (κ1) is 24.9. The number of likely N-dealkylation sites (N-methyl/N-ethyl adjacent to an activating group) is 1. The zero-order valence-corrected chi connectivity index (χ0v) is 20.4. The number of guanidine groups is 1. The summed E-state index contributed by atoms with van der Waals surface area (Å²) in [6.07, 6.45) is 0.903. The summed E-state index contributed by atoms with van der Waals surface area (Å²) in [5.74, 6) is 0.626. The number of hydrogen-bond acceptors (Lipinski definition) is 2. The Hall–Kier alpha value is -2.09. The molecule has 0 saturated carbocycles. The van der Waals surface area contributed by atoms with Crippen LogP contribution >= 0.6 is 24.0 Å². The molecule has 1 unspecified atom stereocenters. The molecule has 0 bridgehead atoms. The minimum absolute atomic E-state index is 0. The van der Waals surface area contributed by atoms with E-state index < -0.39 is 0 Å². The van der Waals surface area contributed by atoms with E-state index in [1.807, 2.05) is 18.2 Å². The fourth-order valence-corrected chi connectivity index (χ4v) is 3.02. The van der Waals surface area contributed by atoms with Crippen LogP contribution in [-0.2, 0) is 11.2 Å². The van der Waals surface area contributed by atoms with E-state index in [0.29, 0.717) is 5.96 Å². The highest BCUT2D eigenvalue weighted by molar-refractivity contribution is 14.0. The van der Waals surface area contributed by atoms with E-state index in [2.05, 4.69) is 66.7 Å². The summed E-state index contributed by atoms with van der Waals surface area (Å²) in [6, 6.07) is 16.7. The number of carbonyl (C=O) groups excluding carboxylic acids is 1. The normalized spacial score (nSPS) is 12.0. The van der Waals surface area contributed by atoms with Gasteiger partial charge in [0.15, 0.2) is 5.96 Å². The molecule has 2 aromatic rings. The average Bonchev–Trinajstić information content (AvgIpc) is 2.68. The molecular weight excluding hydrogens is 475 g/mol. The monoisotopic (exact) mass is 508 g/mol. The highest BCUT2D eigenvalue weighted by Gasteiger charge is 2.10. The molecule has 2 N–H and O–H groups in total. The number of halogens is 1. The van der Waals surface area contributed by atoms with Crippen molar-refractivity contribution in [3.05, 3.63) is 70.8 Å². The van der Waals surface area contributed by atoms with Crippen molar-refractivity contribution in [2.75, 3.05) is 27.2 Å². The molecule has 0 radical (unpaired) electrons. The zero-order chi connectivity index (χ0) is 20.5. The molecule has 0 saturated heterocycles. The van der Waals surface area contributed by atoms with E-state index in [1.54, 1.807) is 19.0 Å². The van der Waals surface area contributed by atoms with Crippen LogP contribution in [0.4, 0.5) is 0 Å². The maximum Gasteiger partial charge on any atom is 0.243 e. The Kier molecular flexibility index (Phi) is 10.7. The summed E-state index contributed by atoms with van der Waals surface area (Å²) in [6.45, 7) is 7.24. The van der Waals surface area contributed by atoms with Crippen LogP contribution in [0.1, 0.15) is 35.2 Å². The van der Waals surface area contributed by atoms with Gasteiger partial charge in [0, 0.05) is 20.6 Å². The highest BCUT2D eigenvalue weighted by atomic mass is 127. The average molecular weight is 508 g/mol. The Morgan fingerprint density at radius 3 is 2.24 bits per heavy atom. The molecule has 29 heavy (non-hydrogen) atoms. The molecule has 0 aliphatic heterocycles. The van der Waals surface area contributed by atoms with Crippen LogP contribution in [0.25, 0.3) is 0 Å². The van der Waals surface area contributed by atoms with Gasteiger partial charge in [-0.05, 0) is 49.4 Å². The first-order valence-corrected chi connectivity index (χ1v) is 9.73. The first-order chi connectivity index (χ1) is 13.4. The number of benzene rings is 2. The Labute approximate surface area is 192 Å².